The van der Waals surface area contributed by atoms with Crippen LogP contribution in [0.15, 0.2) is 11.6 Å². The zero-order valence-electron chi connectivity index (χ0n) is 7.72. The zero-order valence-corrected chi connectivity index (χ0v) is 9.31. The van der Waals surface area contributed by atoms with E-state index in [1.165, 1.54) is 0 Å². The molecular formula is C9H15BrO2. The Balaban J connectivity index is 4.23. The lowest BCUT2D eigenvalue weighted by Crippen LogP contribution is -2.06. The molecule has 0 saturated heterocycles. The van der Waals surface area contributed by atoms with Gasteiger partial charge in [0.2, 0.25) is 0 Å². The van der Waals surface area contributed by atoms with Gasteiger partial charge >= 0.3 is 5.97 Å². The van der Waals surface area contributed by atoms with Gasteiger partial charge in [0.1, 0.15) is 0 Å². The van der Waals surface area contributed by atoms with Crippen molar-refractivity contribution in [1.82, 2.24) is 0 Å². The lowest BCUT2D eigenvalue weighted by atomic mass is 9.91. The van der Waals surface area contributed by atoms with E-state index >= 15 is 0 Å². The predicted molar refractivity (Wildman–Crippen MR) is 53.6 cm³/mol. The number of carboxylic acids is 1. The van der Waals surface area contributed by atoms with Crippen LogP contribution in [0.4, 0.5) is 0 Å². The molecule has 0 aliphatic rings. The van der Waals surface area contributed by atoms with Gasteiger partial charge in [0, 0.05) is 10.9 Å². The number of rotatable bonds is 3. The van der Waals surface area contributed by atoms with Crippen LogP contribution in [-0.4, -0.2) is 16.4 Å². The molecule has 0 spiro atoms. The minimum absolute atomic E-state index is 0.156. The molecule has 70 valence electrons. The van der Waals surface area contributed by atoms with Crippen LogP contribution in [0.2, 0.25) is 0 Å². The molecule has 0 radical (unpaired) electrons. The van der Waals surface area contributed by atoms with Crippen LogP contribution in [0.3, 0.4) is 0 Å². The van der Waals surface area contributed by atoms with Gasteiger partial charge in [-0.1, -0.05) is 42.8 Å². The summed E-state index contributed by atoms with van der Waals surface area (Å²) in [5, 5.41) is 9.09. The molecule has 0 amide bonds. The first kappa shape index (κ1) is 11.7. The van der Waals surface area contributed by atoms with E-state index < -0.39 is 5.97 Å². The first-order valence-electron chi connectivity index (χ1n) is 3.85. The van der Waals surface area contributed by atoms with Crippen molar-refractivity contribution in [3.63, 3.8) is 0 Å². The molecule has 0 aliphatic carbocycles. The predicted octanol–water partition coefficient (Wildman–Crippen LogP) is 2.83. The van der Waals surface area contributed by atoms with E-state index in [1.807, 2.05) is 0 Å². The van der Waals surface area contributed by atoms with Gasteiger partial charge in [-0.15, -0.1) is 0 Å². The van der Waals surface area contributed by atoms with Crippen LogP contribution in [0.25, 0.3) is 0 Å². The third-order valence-corrected chi connectivity index (χ3v) is 1.98. The summed E-state index contributed by atoms with van der Waals surface area (Å²) in [6.45, 7) is 6.24. The molecule has 0 saturated carbocycles. The van der Waals surface area contributed by atoms with Gasteiger partial charge in [0.05, 0.1) is 0 Å². The number of halogens is 1. The Morgan fingerprint density at radius 2 is 2.00 bits per heavy atom. The first-order chi connectivity index (χ1) is 5.37. The number of carbonyl (C=O) groups is 1. The van der Waals surface area contributed by atoms with Gasteiger partial charge in [-0.05, 0) is 11.8 Å². The van der Waals surface area contributed by atoms with E-state index in [4.69, 9.17) is 5.11 Å². The van der Waals surface area contributed by atoms with Crippen molar-refractivity contribution in [2.24, 2.45) is 5.41 Å². The summed E-state index contributed by atoms with van der Waals surface area (Å²) in [4.78, 5) is 10.5. The summed E-state index contributed by atoms with van der Waals surface area (Å²) in [6, 6.07) is 0. The molecule has 0 aromatic carbocycles. The monoisotopic (exact) mass is 234 g/mol. The Morgan fingerprint density at radius 1 is 1.50 bits per heavy atom. The second-order valence-electron chi connectivity index (χ2n) is 3.93. The normalized spacial score (nSPS) is 13.2. The Bertz CT molecular complexity index is 189. The fourth-order valence-corrected chi connectivity index (χ4v) is 1.10. The first-order valence-corrected chi connectivity index (χ1v) is 4.97. The molecule has 0 aromatic heterocycles. The van der Waals surface area contributed by atoms with Crippen LogP contribution < -0.4 is 0 Å². The molecule has 3 heteroatoms. The second-order valence-corrected chi connectivity index (χ2v) is 4.49. The van der Waals surface area contributed by atoms with Crippen molar-refractivity contribution in [2.45, 2.75) is 27.2 Å². The minimum Gasteiger partial charge on any atom is -0.478 e. The van der Waals surface area contributed by atoms with Crippen LogP contribution in [0.5, 0.6) is 0 Å². The highest BCUT2D eigenvalue weighted by Gasteiger charge is 2.10. The average Bonchev–Trinajstić information content (AvgIpc) is 1.85. The molecule has 0 rings (SSSR count). The summed E-state index contributed by atoms with van der Waals surface area (Å²) in [6.07, 6.45) is 2.57. The smallest absolute Gasteiger partial charge is 0.332 e. The summed E-state index contributed by atoms with van der Waals surface area (Å²) in [5.74, 6) is -0.837. The van der Waals surface area contributed by atoms with Crippen molar-refractivity contribution in [2.75, 3.05) is 5.33 Å². The van der Waals surface area contributed by atoms with E-state index in [-0.39, 0.29) is 5.41 Å². The largest absolute Gasteiger partial charge is 0.478 e. The lowest BCUT2D eigenvalue weighted by molar-refractivity contribution is -0.132. The maximum absolute atomic E-state index is 10.5. The lowest BCUT2D eigenvalue weighted by Gasteiger charge is -2.15. The van der Waals surface area contributed by atoms with E-state index in [1.54, 1.807) is 6.08 Å². The highest BCUT2D eigenvalue weighted by molar-refractivity contribution is 9.09. The van der Waals surface area contributed by atoms with Gasteiger partial charge < -0.3 is 5.11 Å². The van der Waals surface area contributed by atoms with Crippen LogP contribution in [0, 0.1) is 5.41 Å². The van der Waals surface area contributed by atoms with Crippen molar-refractivity contribution < 1.29 is 9.90 Å². The fourth-order valence-electron chi connectivity index (χ4n) is 0.628. The van der Waals surface area contributed by atoms with Crippen LogP contribution in [0.1, 0.15) is 27.2 Å². The van der Waals surface area contributed by atoms with Crippen molar-refractivity contribution in [3.05, 3.63) is 11.6 Å². The van der Waals surface area contributed by atoms with Crippen LogP contribution >= 0.6 is 15.9 Å². The van der Waals surface area contributed by atoms with E-state index in [9.17, 15) is 4.79 Å². The van der Waals surface area contributed by atoms with E-state index in [2.05, 4.69) is 36.7 Å². The second kappa shape index (κ2) is 4.65. The van der Waals surface area contributed by atoms with Crippen molar-refractivity contribution >= 4 is 21.9 Å². The number of carboxylic acid groups (broad SMARTS) is 1. The third kappa shape index (κ3) is 5.35. The summed E-state index contributed by atoms with van der Waals surface area (Å²) in [5.41, 5.74) is 0.591. The molecule has 1 N–H and O–H groups in total. The number of aliphatic carboxylic acids is 1. The molecule has 0 unspecified atom stereocenters. The number of allylic oxidation sites excluding steroid dienone is 1. The van der Waals surface area contributed by atoms with Crippen LogP contribution in [-0.2, 0) is 4.79 Å². The maximum Gasteiger partial charge on any atom is 0.332 e. The Hall–Kier alpha value is -0.310. The molecule has 0 heterocycles. The molecule has 0 aromatic rings. The topological polar surface area (TPSA) is 37.3 Å². The number of hydrogen-bond acceptors (Lipinski definition) is 1. The van der Waals surface area contributed by atoms with Gasteiger partial charge in [0.15, 0.2) is 0 Å². The third-order valence-electron chi connectivity index (χ3n) is 1.38. The SMILES string of the molecule is CC(C)(C)C/C=C(/CBr)C(=O)O. The highest BCUT2D eigenvalue weighted by atomic mass is 79.9. The molecule has 0 fully saturated rings. The van der Waals surface area contributed by atoms with Gasteiger partial charge in [-0.3, -0.25) is 0 Å². The highest BCUT2D eigenvalue weighted by Crippen LogP contribution is 2.20. The number of alkyl halides is 1. The Morgan fingerprint density at radius 3 is 2.25 bits per heavy atom. The Kier molecular flexibility index (Phi) is 4.53. The summed E-state index contributed by atoms with van der Waals surface area (Å²) in [7, 11) is 0. The molecule has 2 nitrogen and oxygen atoms in total. The fraction of sp³-hybridized carbons (Fsp3) is 0.667. The zero-order chi connectivity index (χ0) is 9.78. The molecule has 12 heavy (non-hydrogen) atoms. The standard InChI is InChI=1S/C9H15BrO2/c1-9(2,3)5-4-7(6-10)8(11)12/h4H,5-6H2,1-3H3,(H,11,12)/b7-4-. The molecular weight excluding hydrogens is 220 g/mol. The average molecular weight is 235 g/mol. The minimum atomic E-state index is -0.837. The van der Waals surface area contributed by atoms with Gasteiger partial charge in [0.25, 0.3) is 0 Å². The van der Waals surface area contributed by atoms with E-state index in [0.717, 1.165) is 6.42 Å². The maximum atomic E-state index is 10.5. The van der Waals surface area contributed by atoms with Crippen molar-refractivity contribution in [1.29, 1.82) is 0 Å². The van der Waals surface area contributed by atoms with Crippen molar-refractivity contribution in [3.8, 4) is 0 Å². The molecule has 0 bridgehead atoms. The van der Waals surface area contributed by atoms with Gasteiger partial charge in [-0.2, -0.15) is 0 Å². The molecule has 0 aliphatic heterocycles. The Labute approximate surface area is 81.8 Å². The number of hydrogen-bond donors (Lipinski definition) is 1. The summed E-state index contributed by atoms with van der Waals surface area (Å²) < 4.78 is 0. The van der Waals surface area contributed by atoms with E-state index in [0.29, 0.717) is 10.9 Å². The molecule has 0 atom stereocenters. The van der Waals surface area contributed by atoms with Gasteiger partial charge in [-0.25, -0.2) is 4.79 Å². The quantitative estimate of drug-likeness (QED) is 0.603. The summed E-state index contributed by atoms with van der Waals surface area (Å²) >= 11 is 3.14.